The first-order valence-corrected chi connectivity index (χ1v) is 23.0. The topological polar surface area (TPSA) is 52.6 Å². The molecular weight excluding hydrogens is 702 g/mol. The minimum Gasteiger partial charge on any atom is -0.494 e. The Hall–Kier alpha value is -4.62. The van der Waals surface area contributed by atoms with Crippen LogP contribution < -0.4 is 41.3 Å². The van der Waals surface area contributed by atoms with Gasteiger partial charge >= 0.3 is 0 Å². The molecule has 276 valence electrons. The van der Waals surface area contributed by atoms with Gasteiger partial charge in [-0.3, -0.25) is 0 Å². The number of rotatable bonds is 6. The minimum absolute atomic E-state index is 0.594. The average Bonchev–Trinajstić information content (AvgIpc) is 3.24. The lowest BCUT2D eigenvalue weighted by Gasteiger charge is -2.27. The molecule has 0 saturated carbocycles. The molecule has 1 heterocycles. The van der Waals surface area contributed by atoms with Crippen molar-refractivity contribution in [2.75, 3.05) is 13.2 Å². The number of benzene rings is 6. The van der Waals surface area contributed by atoms with E-state index in [1.54, 1.807) is 0 Å². The third-order valence-electron chi connectivity index (χ3n) is 10.5. The van der Waals surface area contributed by atoms with Crippen molar-refractivity contribution in [1.29, 1.82) is 0 Å². The lowest BCUT2D eigenvalue weighted by Crippen LogP contribution is -2.29. The van der Waals surface area contributed by atoms with Gasteiger partial charge in [0.25, 0.3) is 0 Å². The van der Waals surface area contributed by atoms with E-state index in [0.717, 1.165) is 58.0 Å². The molecule has 6 aromatic rings. The van der Waals surface area contributed by atoms with E-state index in [1.165, 1.54) is 38.5 Å². The van der Waals surface area contributed by atoms with Crippen LogP contribution in [0.2, 0.25) is 0 Å². The zero-order chi connectivity index (χ0) is 37.1. The summed E-state index contributed by atoms with van der Waals surface area (Å²) < 4.78 is 45.3. The van der Waals surface area contributed by atoms with Gasteiger partial charge < -0.3 is 18.6 Å². The Morgan fingerprint density at radius 3 is 0.907 bits per heavy atom. The van der Waals surface area contributed by atoms with Gasteiger partial charge in [0.2, 0.25) is 0 Å². The van der Waals surface area contributed by atoms with Crippen molar-refractivity contribution >= 4 is 46.1 Å². The van der Waals surface area contributed by atoms with Crippen LogP contribution in [0.5, 0.6) is 11.5 Å². The Bertz CT molecular complexity index is 1940. The first-order chi connectivity index (χ1) is 26.6. The SMILES string of the molecule is O=P(c1ccccc1)(c1ccccc1)c1ccc2cc1-c1cc(ccc1P(=O)(c1ccccc1)c1ccccc1)OCCCCCCCCCCCCO2. The predicted octanol–water partition coefficient (Wildman–Crippen LogP) is 10.3. The summed E-state index contributed by atoms with van der Waals surface area (Å²) >= 11 is 0. The molecule has 1 aliphatic rings. The molecule has 0 unspecified atom stereocenters. The van der Waals surface area contributed by atoms with Crippen molar-refractivity contribution in [3.05, 3.63) is 158 Å². The first kappa shape index (κ1) is 37.7. The van der Waals surface area contributed by atoms with Crippen LogP contribution in [-0.2, 0) is 9.13 Å². The van der Waals surface area contributed by atoms with Crippen molar-refractivity contribution in [2.24, 2.45) is 0 Å². The fourth-order valence-electron chi connectivity index (χ4n) is 7.60. The summed E-state index contributed by atoms with van der Waals surface area (Å²) in [5.41, 5.74) is 1.45. The number of hydrogen-bond donors (Lipinski definition) is 0. The summed E-state index contributed by atoms with van der Waals surface area (Å²) in [7, 11) is -6.97. The molecular formula is C48H50O4P2. The van der Waals surface area contributed by atoms with Gasteiger partial charge in [-0.05, 0) is 60.4 Å². The summed E-state index contributed by atoms with van der Waals surface area (Å²) in [5, 5.41) is 4.26. The molecule has 0 spiro atoms. The second-order valence-electron chi connectivity index (χ2n) is 14.2. The Kier molecular flexibility index (Phi) is 12.7. The van der Waals surface area contributed by atoms with Gasteiger partial charge in [0.05, 0.1) is 13.2 Å². The Balaban J connectivity index is 1.49. The van der Waals surface area contributed by atoms with Crippen molar-refractivity contribution in [3.8, 4) is 22.6 Å². The standard InChI is InChI=1S/C48H50O4P2/c49-53(41-23-13-9-14-24-41,42-25-15-10-16-26-42)47-33-31-39-37-45(47)46-38-40(52-36-22-8-6-4-2-1-3-5-7-21-35-51-39)32-34-48(46)54(50,43-27-17-11-18-28-43)44-29-19-12-20-30-44/h9-20,23-34,37-38H,1-8,21-22,35-36H2. The molecule has 0 atom stereocenters. The summed E-state index contributed by atoms with van der Waals surface area (Å²) in [6, 6.07) is 50.9. The highest BCUT2D eigenvalue weighted by atomic mass is 31.2. The van der Waals surface area contributed by atoms with Crippen LogP contribution in [-0.4, -0.2) is 13.2 Å². The Morgan fingerprint density at radius 2 is 0.611 bits per heavy atom. The zero-order valence-corrected chi connectivity index (χ0v) is 32.8. The predicted molar refractivity (Wildman–Crippen MR) is 228 cm³/mol. The Labute approximate surface area is 321 Å². The van der Waals surface area contributed by atoms with Gasteiger partial charge in [-0.1, -0.05) is 173 Å². The minimum atomic E-state index is -3.48. The van der Waals surface area contributed by atoms with Crippen molar-refractivity contribution < 1.29 is 18.6 Å². The van der Waals surface area contributed by atoms with E-state index in [4.69, 9.17) is 9.47 Å². The first-order valence-electron chi connectivity index (χ1n) is 19.6. The van der Waals surface area contributed by atoms with E-state index in [-0.39, 0.29) is 0 Å². The van der Waals surface area contributed by atoms with Crippen molar-refractivity contribution in [2.45, 2.75) is 64.2 Å². The lowest BCUT2D eigenvalue weighted by molar-refractivity contribution is 0.302. The fraction of sp³-hybridized carbons (Fsp3) is 0.250. The monoisotopic (exact) mass is 752 g/mol. The fourth-order valence-corrected chi connectivity index (χ4v) is 13.3. The number of hydrogen-bond acceptors (Lipinski definition) is 4. The molecule has 0 aliphatic carbocycles. The molecule has 7 rings (SSSR count). The average molecular weight is 753 g/mol. The number of ether oxygens (including phenoxy) is 2. The molecule has 0 N–H and O–H groups in total. The van der Waals surface area contributed by atoms with E-state index < -0.39 is 14.3 Å². The van der Waals surface area contributed by atoms with E-state index in [2.05, 4.69) is 0 Å². The smallest absolute Gasteiger partial charge is 0.171 e. The highest BCUT2D eigenvalue weighted by Crippen LogP contribution is 2.50. The van der Waals surface area contributed by atoms with Crippen LogP contribution in [0.15, 0.2) is 158 Å². The van der Waals surface area contributed by atoms with Gasteiger partial charge in [-0.2, -0.15) is 0 Å². The molecule has 4 bridgehead atoms. The van der Waals surface area contributed by atoms with Crippen molar-refractivity contribution in [1.82, 2.24) is 0 Å². The maximum absolute atomic E-state index is 16.2. The largest absolute Gasteiger partial charge is 0.494 e. The van der Waals surface area contributed by atoms with Gasteiger partial charge in [0, 0.05) is 31.8 Å². The summed E-state index contributed by atoms with van der Waals surface area (Å²) in [6.07, 6.45) is 11.7. The van der Waals surface area contributed by atoms with Crippen molar-refractivity contribution in [3.63, 3.8) is 0 Å². The normalized spacial score (nSPS) is 15.0. The lowest BCUT2D eigenvalue weighted by atomic mass is 10.0. The van der Waals surface area contributed by atoms with Gasteiger partial charge in [0.15, 0.2) is 14.3 Å². The molecule has 6 aromatic carbocycles. The molecule has 0 fully saturated rings. The zero-order valence-electron chi connectivity index (χ0n) is 31.0. The highest BCUT2D eigenvalue weighted by Gasteiger charge is 2.37. The van der Waals surface area contributed by atoms with Crippen LogP contribution in [0.25, 0.3) is 11.1 Å². The maximum atomic E-state index is 16.2. The third kappa shape index (κ3) is 8.37. The molecule has 4 nitrogen and oxygen atoms in total. The second kappa shape index (κ2) is 18.1. The third-order valence-corrected chi connectivity index (χ3v) is 16.7. The van der Waals surface area contributed by atoms with Crippen LogP contribution in [0.3, 0.4) is 0 Å². The van der Waals surface area contributed by atoms with E-state index in [1.807, 2.05) is 158 Å². The molecule has 0 saturated heterocycles. The van der Waals surface area contributed by atoms with Gasteiger partial charge in [0.1, 0.15) is 11.5 Å². The van der Waals surface area contributed by atoms with Crippen LogP contribution in [0.4, 0.5) is 0 Å². The molecule has 6 heteroatoms. The van der Waals surface area contributed by atoms with Crippen LogP contribution >= 0.6 is 14.3 Å². The van der Waals surface area contributed by atoms with E-state index in [9.17, 15) is 0 Å². The summed E-state index contributed by atoms with van der Waals surface area (Å²) in [6.45, 7) is 1.19. The quantitative estimate of drug-likeness (QED) is 0.159. The molecule has 0 aromatic heterocycles. The Morgan fingerprint density at radius 1 is 0.333 bits per heavy atom. The molecule has 54 heavy (non-hydrogen) atoms. The maximum Gasteiger partial charge on any atom is 0.171 e. The van der Waals surface area contributed by atoms with Gasteiger partial charge in [-0.15, -0.1) is 0 Å². The van der Waals surface area contributed by atoms with E-state index in [0.29, 0.717) is 35.3 Å². The summed E-state index contributed by atoms with van der Waals surface area (Å²) in [4.78, 5) is 0. The molecule has 0 radical (unpaired) electrons. The second-order valence-corrected chi connectivity index (χ2v) is 19.6. The molecule has 0 amide bonds. The summed E-state index contributed by atoms with van der Waals surface area (Å²) in [5.74, 6) is 1.39. The van der Waals surface area contributed by atoms with Crippen LogP contribution in [0.1, 0.15) is 64.2 Å². The highest BCUT2D eigenvalue weighted by molar-refractivity contribution is 7.86. The van der Waals surface area contributed by atoms with Crippen LogP contribution in [0, 0.1) is 0 Å². The van der Waals surface area contributed by atoms with E-state index >= 15 is 9.13 Å². The number of fused-ring (bicyclic) bond motifs is 5. The molecule has 1 aliphatic heterocycles. The van der Waals surface area contributed by atoms with Gasteiger partial charge in [-0.25, -0.2) is 0 Å².